The molecule has 2 N–H and O–H groups in total. The van der Waals surface area contributed by atoms with Crippen molar-refractivity contribution < 1.29 is 23.5 Å². The molecule has 136 valence electrons. The predicted molar refractivity (Wildman–Crippen MR) is 95.9 cm³/mol. The van der Waals surface area contributed by atoms with Gasteiger partial charge in [0.1, 0.15) is 10.1 Å². The molecule has 1 saturated heterocycles. The molecular formula is C15H19N3O5S2. The van der Waals surface area contributed by atoms with E-state index in [4.69, 9.17) is 21.4 Å². The van der Waals surface area contributed by atoms with Crippen molar-refractivity contribution in [3.05, 3.63) is 24.2 Å². The lowest BCUT2D eigenvalue weighted by Gasteiger charge is -2.17. The van der Waals surface area contributed by atoms with Crippen molar-refractivity contribution in [1.82, 2.24) is 15.5 Å². The first kappa shape index (κ1) is 19.3. The summed E-state index contributed by atoms with van der Waals surface area (Å²) in [6.45, 7) is 1.45. The number of likely N-dealkylation sites (tertiary alicyclic amines) is 1. The number of rotatable bonds is 6. The molecule has 0 bridgehead atoms. The zero-order chi connectivity index (χ0) is 18.1. The van der Waals surface area contributed by atoms with E-state index in [9.17, 15) is 14.4 Å². The maximum Gasteiger partial charge on any atom is 0.321 e. The lowest BCUT2D eigenvalue weighted by molar-refractivity contribution is -0.145. The number of urea groups is 1. The van der Waals surface area contributed by atoms with Gasteiger partial charge >= 0.3 is 12.0 Å². The Hall–Kier alpha value is -2.07. The van der Waals surface area contributed by atoms with E-state index >= 15 is 0 Å². The maximum absolute atomic E-state index is 11.6. The standard InChI is InChI=1S/C15H19N3O5S2/c19-12(17-14(21)16-8-11-4-3-7-22-11)9-23-13(20)10-25-15(24)18-5-1-2-6-18/h3-4,7H,1-2,5-6,8-10H2,(H2,16,17,19,21). The highest BCUT2D eigenvalue weighted by molar-refractivity contribution is 8.23. The summed E-state index contributed by atoms with van der Waals surface area (Å²) >= 11 is 6.44. The smallest absolute Gasteiger partial charge is 0.321 e. The summed E-state index contributed by atoms with van der Waals surface area (Å²) in [5.74, 6) is -0.678. The van der Waals surface area contributed by atoms with Crippen molar-refractivity contribution in [3.63, 3.8) is 0 Å². The van der Waals surface area contributed by atoms with Crippen LogP contribution in [0.4, 0.5) is 4.79 Å². The molecule has 0 saturated carbocycles. The zero-order valence-electron chi connectivity index (χ0n) is 13.5. The number of hydrogen-bond donors (Lipinski definition) is 2. The third kappa shape index (κ3) is 7.14. The third-order valence-corrected chi connectivity index (χ3v) is 4.80. The van der Waals surface area contributed by atoms with E-state index in [0.717, 1.165) is 25.9 Å². The van der Waals surface area contributed by atoms with Crippen LogP contribution in [0.15, 0.2) is 22.8 Å². The van der Waals surface area contributed by atoms with Gasteiger partial charge in [0.15, 0.2) is 6.61 Å². The molecule has 1 aromatic rings. The second kappa shape index (κ2) is 10.0. The molecule has 8 nitrogen and oxygen atoms in total. The summed E-state index contributed by atoms with van der Waals surface area (Å²) in [4.78, 5) is 36.7. The fourth-order valence-corrected chi connectivity index (χ4v) is 3.14. The topological polar surface area (TPSA) is 101 Å². The highest BCUT2D eigenvalue weighted by atomic mass is 32.2. The molecule has 2 rings (SSSR count). The molecule has 1 aliphatic rings. The Bertz CT molecular complexity index is 615. The van der Waals surface area contributed by atoms with Crippen molar-refractivity contribution >= 4 is 46.2 Å². The SMILES string of the molecule is O=C(COC(=O)CSC(=S)N1CCCC1)NC(=O)NCc1ccco1. The second-order valence-electron chi connectivity index (χ2n) is 5.22. The van der Waals surface area contributed by atoms with Gasteiger partial charge in [0.05, 0.1) is 18.6 Å². The van der Waals surface area contributed by atoms with E-state index in [2.05, 4.69) is 10.6 Å². The van der Waals surface area contributed by atoms with Crippen LogP contribution in [0, 0.1) is 0 Å². The zero-order valence-corrected chi connectivity index (χ0v) is 15.1. The van der Waals surface area contributed by atoms with Gasteiger partial charge in [-0.3, -0.25) is 14.9 Å². The molecule has 10 heteroatoms. The Morgan fingerprint density at radius 3 is 2.76 bits per heavy atom. The number of carbonyl (C=O) groups is 3. The molecule has 3 amide bonds. The fourth-order valence-electron chi connectivity index (χ4n) is 2.09. The maximum atomic E-state index is 11.6. The van der Waals surface area contributed by atoms with Crippen LogP contribution >= 0.6 is 24.0 Å². The number of esters is 1. The van der Waals surface area contributed by atoms with Gasteiger partial charge in [-0.25, -0.2) is 4.79 Å². The van der Waals surface area contributed by atoms with Gasteiger partial charge in [0, 0.05) is 13.1 Å². The molecule has 0 radical (unpaired) electrons. The third-order valence-electron chi connectivity index (χ3n) is 3.30. The fraction of sp³-hybridized carbons (Fsp3) is 0.467. The molecule has 1 fully saturated rings. The van der Waals surface area contributed by atoms with Gasteiger partial charge in [0.25, 0.3) is 5.91 Å². The second-order valence-corrected chi connectivity index (χ2v) is 6.83. The summed E-state index contributed by atoms with van der Waals surface area (Å²) < 4.78 is 10.5. The Labute approximate surface area is 154 Å². The largest absolute Gasteiger partial charge is 0.467 e. The minimum absolute atomic E-state index is 0.0350. The van der Waals surface area contributed by atoms with E-state index in [1.807, 2.05) is 4.90 Å². The van der Waals surface area contributed by atoms with Crippen LogP contribution in [0.1, 0.15) is 18.6 Å². The lowest BCUT2D eigenvalue weighted by atomic mass is 10.4. The normalized spacial score (nSPS) is 13.4. The number of furan rings is 1. The number of thioether (sulfide) groups is 1. The number of thiocarbonyl (C=S) groups is 1. The van der Waals surface area contributed by atoms with E-state index in [1.165, 1.54) is 18.0 Å². The molecular weight excluding hydrogens is 366 g/mol. The minimum atomic E-state index is -0.711. The van der Waals surface area contributed by atoms with Gasteiger partial charge in [-0.15, -0.1) is 0 Å². The molecule has 1 aromatic heterocycles. The van der Waals surface area contributed by atoms with E-state index in [1.54, 1.807) is 12.1 Å². The Kier molecular flexibility index (Phi) is 7.74. The number of imide groups is 1. The predicted octanol–water partition coefficient (Wildman–Crippen LogP) is 1.26. The van der Waals surface area contributed by atoms with Crippen molar-refractivity contribution in [1.29, 1.82) is 0 Å². The number of carbonyl (C=O) groups excluding carboxylic acids is 3. The van der Waals surface area contributed by atoms with Crippen LogP contribution in [-0.2, 0) is 20.9 Å². The van der Waals surface area contributed by atoms with E-state index in [-0.39, 0.29) is 12.3 Å². The van der Waals surface area contributed by atoms with Gasteiger partial charge < -0.3 is 19.4 Å². The molecule has 2 heterocycles. The molecule has 0 spiro atoms. The van der Waals surface area contributed by atoms with Crippen LogP contribution in [0.3, 0.4) is 0 Å². The van der Waals surface area contributed by atoms with Crippen LogP contribution in [0.25, 0.3) is 0 Å². The van der Waals surface area contributed by atoms with Crippen molar-refractivity contribution in [2.24, 2.45) is 0 Å². The molecule has 0 aliphatic carbocycles. The van der Waals surface area contributed by atoms with E-state index in [0.29, 0.717) is 10.1 Å². The molecule has 0 unspecified atom stereocenters. The quantitative estimate of drug-likeness (QED) is 0.558. The van der Waals surface area contributed by atoms with Gasteiger partial charge in [-0.2, -0.15) is 0 Å². The first-order chi connectivity index (χ1) is 12.0. The van der Waals surface area contributed by atoms with Crippen molar-refractivity contribution in [3.8, 4) is 0 Å². The first-order valence-corrected chi connectivity index (χ1v) is 9.11. The number of nitrogens with zero attached hydrogens (tertiary/aromatic N) is 1. The number of ether oxygens (including phenoxy) is 1. The van der Waals surface area contributed by atoms with Gasteiger partial charge in [-0.05, 0) is 25.0 Å². The number of hydrogen-bond acceptors (Lipinski definition) is 7. The summed E-state index contributed by atoms with van der Waals surface area (Å²) in [6.07, 6.45) is 3.69. The highest BCUT2D eigenvalue weighted by Crippen LogP contribution is 2.16. The van der Waals surface area contributed by atoms with Crippen LogP contribution in [0.2, 0.25) is 0 Å². The lowest BCUT2D eigenvalue weighted by Crippen LogP contribution is -2.41. The Morgan fingerprint density at radius 1 is 1.32 bits per heavy atom. The average molecular weight is 385 g/mol. The Balaban J connectivity index is 1.56. The summed E-state index contributed by atoms with van der Waals surface area (Å²) in [7, 11) is 0. The van der Waals surface area contributed by atoms with Gasteiger partial charge in [-0.1, -0.05) is 24.0 Å². The van der Waals surface area contributed by atoms with Crippen LogP contribution in [0.5, 0.6) is 0 Å². The van der Waals surface area contributed by atoms with E-state index < -0.39 is 24.5 Å². The van der Waals surface area contributed by atoms with Gasteiger partial charge in [0.2, 0.25) is 0 Å². The first-order valence-electron chi connectivity index (χ1n) is 7.72. The van der Waals surface area contributed by atoms with Crippen molar-refractivity contribution in [2.45, 2.75) is 19.4 Å². The number of amides is 3. The van der Waals surface area contributed by atoms with Crippen molar-refractivity contribution in [2.75, 3.05) is 25.4 Å². The molecule has 1 aliphatic heterocycles. The average Bonchev–Trinajstić information content (AvgIpc) is 3.29. The number of nitrogens with one attached hydrogen (secondary N) is 2. The highest BCUT2D eigenvalue weighted by Gasteiger charge is 2.17. The summed E-state index contributed by atoms with van der Waals surface area (Å²) in [5, 5.41) is 4.50. The Morgan fingerprint density at radius 2 is 2.08 bits per heavy atom. The molecule has 0 aromatic carbocycles. The monoisotopic (exact) mass is 385 g/mol. The molecule has 25 heavy (non-hydrogen) atoms. The van der Waals surface area contributed by atoms with Crippen LogP contribution in [-0.4, -0.2) is 52.6 Å². The summed E-state index contributed by atoms with van der Waals surface area (Å²) in [6, 6.07) is 2.68. The summed E-state index contributed by atoms with van der Waals surface area (Å²) in [5.41, 5.74) is 0. The van der Waals surface area contributed by atoms with Crippen LogP contribution < -0.4 is 10.6 Å². The minimum Gasteiger partial charge on any atom is -0.467 e. The molecule has 0 atom stereocenters.